The third-order valence-corrected chi connectivity index (χ3v) is 4.90. The van der Waals surface area contributed by atoms with Gasteiger partial charge in [-0.1, -0.05) is 0 Å². The maximum Gasteiger partial charge on any atom is 0.233 e. The molecule has 0 amide bonds. The van der Waals surface area contributed by atoms with E-state index in [9.17, 15) is 0 Å². The lowest BCUT2D eigenvalue weighted by Gasteiger charge is -2.27. The van der Waals surface area contributed by atoms with Crippen molar-refractivity contribution in [1.82, 2.24) is 15.0 Å². The Balaban J connectivity index is 1.63. The van der Waals surface area contributed by atoms with Crippen LogP contribution in [0.25, 0.3) is 0 Å². The van der Waals surface area contributed by atoms with Gasteiger partial charge in [0, 0.05) is 30.5 Å². The SMILES string of the molecule is COc1ccc(Nc2nc(Nc3ccc(OC)c(OC)c3)nc(N3CCOCC3)n2)cc1. The topological polar surface area (TPSA) is 103 Å². The van der Waals surface area contributed by atoms with Gasteiger partial charge >= 0.3 is 0 Å². The third kappa shape index (κ3) is 5.09. The highest BCUT2D eigenvalue weighted by Gasteiger charge is 2.17. The Bertz CT molecular complexity index is 1040. The zero-order chi connectivity index (χ0) is 22.3. The minimum Gasteiger partial charge on any atom is -0.497 e. The second kappa shape index (κ2) is 10.0. The summed E-state index contributed by atoms with van der Waals surface area (Å²) in [5, 5.41) is 6.48. The van der Waals surface area contributed by atoms with Crippen LogP contribution >= 0.6 is 0 Å². The Hall–Kier alpha value is -3.79. The van der Waals surface area contributed by atoms with Gasteiger partial charge in [0.05, 0.1) is 34.5 Å². The highest BCUT2D eigenvalue weighted by molar-refractivity contribution is 5.62. The van der Waals surface area contributed by atoms with Gasteiger partial charge in [-0.05, 0) is 36.4 Å². The second-order valence-electron chi connectivity index (χ2n) is 6.93. The number of nitrogens with zero attached hydrogens (tertiary/aromatic N) is 4. The number of ether oxygens (including phenoxy) is 4. The largest absolute Gasteiger partial charge is 0.497 e. The summed E-state index contributed by atoms with van der Waals surface area (Å²) in [5.74, 6) is 3.43. The number of methoxy groups -OCH3 is 3. The van der Waals surface area contributed by atoms with E-state index in [0.29, 0.717) is 55.6 Å². The van der Waals surface area contributed by atoms with Crippen LogP contribution in [0.1, 0.15) is 0 Å². The minimum absolute atomic E-state index is 0.407. The Morgan fingerprint density at radius 3 is 2.00 bits per heavy atom. The molecule has 0 spiro atoms. The molecule has 3 aromatic rings. The van der Waals surface area contributed by atoms with Gasteiger partial charge in [0.25, 0.3) is 0 Å². The molecular formula is C22H26N6O4. The molecule has 1 aliphatic rings. The second-order valence-corrected chi connectivity index (χ2v) is 6.93. The molecule has 1 aromatic heterocycles. The summed E-state index contributed by atoms with van der Waals surface area (Å²) in [6, 6.07) is 13.1. The lowest BCUT2D eigenvalue weighted by Crippen LogP contribution is -2.37. The number of aromatic nitrogens is 3. The monoisotopic (exact) mass is 438 g/mol. The number of hydrogen-bond acceptors (Lipinski definition) is 10. The van der Waals surface area contributed by atoms with Crippen LogP contribution in [0.5, 0.6) is 17.2 Å². The first-order chi connectivity index (χ1) is 15.7. The van der Waals surface area contributed by atoms with Crippen molar-refractivity contribution in [2.24, 2.45) is 0 Å². The third-order valence-electron chi connectivity index (χ3n) is 4.90. The van der Waals surface area contributed by atoms with E-state index in [0.717, 1.165) is 17.1 Å². The summed E-state index contributed by atoms with van der Waals surface area (Å²) in [4.78, 5) is 15.9. The number of anilines is 5. The van der Waals surface area contributed by atoms with Crippen molar-refractivity contribution < 1.29 is 18.9 Å². The molecule has 2 aromatic carbocycles. The van der Waals surface area contributed by atoms with E-state index in [1.54, 1.807) is 21.3 Å². The summed E-state index contributed by atoms with van der Waals surface area (Å²) in [6.45, 7) is 2.68. The molecule has 1 saturated heterocycles. The van der Waals surface area contributed by atoms with Crippen molar-refractivity contribution in [2.75, 3.05) is 63.2 Å². The Morgan fingerprint density at radius 1 is 0.750 bits per heavy atom. The maximum atomic E-state index is 5.46. The first kappa shape index (κ1) is 21.4. The predicted molar refractivity (Wildman–Crippen MR) is 122 cm³/mol. The molecule has 0 unspecified atom stereocenters. The van der Waals surface area contributed by atoms with Gasteiger partial charge < -0.3 is 34.5 Å². The lowest BCUT2D eigenvalue weighted by molar-refractivity contribution is 0.122. The minimum atomic E-state index is 0.407. The molecule has 2 heterocycles. The van der Waals surface area contributed by atoms with E-state index in [4.69, 9.17) is 18.9 Å². The molecule has 4 rings (SSSR count). The average Bonchev–Trinajstić information content (AvgIpc) is 2.85. The van der Waals surface area contributed by atoms with E-state index < -0.39 is 0 Å². The van der Waals surface area contributed by atoms with Gasteiger partial charge in [-0.2, -0.15) is 15.0 Å². The van der Waals surface area contributed by atoms with Gasteiger partial charge in [0.1, 0.15) is 5.75 Å². The molecule has 2 N–H and O–H groups in total. The number of benzene rings is 2. The molecule has 0 aliphatic carbocycles. The molecule has 0 atom stereocenters. The van der Waals surface area contributed by atoms with Crippen molar-refractivity contribution in [1.29, 1.82) is 0 Å². The molecule has 0 saturated carbocycles. The molecule has 10 heteroatoms. The van der Waals surface area contributed by atoms with E-state index in [2.05, 4.69) is 30.5 Å². The molecular weight excluding hydrogens is 412 g/mol. The van der Waals surface area contributed by atoms with Crippen LogP contribution in [-0.2, 0) is 4.74 Å². The highest BCUT2D eigenvalue weighted by atomic mass is 16.5. The van der Waals surface area contributed by atoms with Crippen molar-refractivity contribution in [3.8, 4) is 17.2 Å². The molecule has 32 heavy (non-hydrogen) atoms. The van der Waals surface area contributed by atoms with Crippen LogP contribution in [0.4, 0.5) is 29.2 Å². The summed E-state index contributed by atoms with van der Waals surface area (Å²) < 4.78 is 21.4. The number of hydrogen-bond donors (Lipinski definition) is 2. The van der Waals surface area contributed by atoms with Crippen LogP contribution in [-0.4, -0.2) is 62.6 Å². The molecule has 1 fully saturated rings. The van der Waals surface area contributed by atoms with Gasteiger partial charge in [-0.25, -0.2) is 0 Å². The fourth-order valence-electron chi connectivity index (χ4n) is 3.23. The Labute approximate surface area is 186 Å². The number of rotatable bonds is 8. The predicted octanol–water partition coefficient (Wildman–Crippen LogP) is 3.22. The van der Waals surface area contributed by atoms with Gasteiger partial charge in [0.15, 0.2) is 11.5 Å². The Morgan fingerprint density at radius 2 is 1.38 bits per heavy atom. The quantitative estimate of drug-likeness (QED) is 0.545. The first-order valence-corrected chi connectivity index (χ1v) is 10.2. The first-order valence-electron chi connectivity index (χ1n) is 10.2. The van der Waals surface area contributed by atoms with Crippen molar-refractivity contribution in [3.63, 3.8) is 0 Å². The Kier molecular flexibility index (Phi) is 6.71. The average molecular weight is 438 g/mol. The van der Waals surface area contributed by atoms with Crippen molar-refractivity contribution in [3.05, 3.63) is 42.5 Å². The maximum absolute atomic E-state index is 5.46. The molecule has 0 radical (unpaired) electrons. The van der Waals surface area contributed by atoms with Gasteiger partial charge in [0.2, 0.25) is 17.8 Å². The van der Waals surface area contributed by atoms with Crippen LogP contribution in [0.3, 0.4) is 0 Å². The fourth-order valence-corrected chi connectivity index (χ4v) is 3.23. The number of morpholine rings is 1. The molecule has 0 bridgehead atoms. The summed E-state index contributed by atoms with van der Waals surface area (Å²) in [7, 11) is 4.83. The molecule has 10 nitrogen and oxygen atoms in total. The smallest absolute Gasteiger partial charge is 0.233 e. The molecule has 1 aliphatic heterocycles. The molecule has 168 valence electrons. The summed E-state index contributed by atoms with van der Waals surface area (Å²) >= 11 is 0. The fraction of sp³-hybridized carbons (Fsp3) is 0.318. The summed E-state index contributed by atoms with van der Waals surface area (Å²) in [5.41, 5.74) is 1.60. The standard InChI is InChI=1S/C22H26N6O4/c1-29-17-7-4-15(5-8-17)23-20-25-21(27-22(26-20)28-10-12-32-13-11-28)24-16-6-9-18(30-2)19(14-16)31-3/h4-9,14H,10-13H2,1-3H3,(H2,23,24,25,26,27). The van der Waals surface area contributed by atoms with E-state index >= 15 is 0 Å². The van der Waals surface area contributed by atoms with Crippen LogP contribution in [0.15, 0.2) is 42.5 Å². The van der Waals surface area contributed by atoms with Gasteiger partial charge in [-0.15, -0.1) is 0 Å². The van der Waals surface area contributed by atoms with E-state index in [1.807, 2.05) is 42.5 Å². The van der Waals surface area contributed by atoms with Crippen LogP contribution < -0.4 is 29.7 Å². The van der Waals surface area contributed by atoms with E-state index in [-0.39, 0.29) is 0 Å². The zero-order valence-corrected chi connectivity index (χ0v) is 18.3. The normalized spacial score (nSPS) is 13.4. The lowest BCUT2D eigenvalue weighted by atomic mass is 10.3. The highest BCUT2D eigenvalue weighted by Crippen LogP contribution is 2.31. The van der Waals surface area contributed by atoms with Crippen molar-refractivity contribution >= 4 is 29.2 Å². The van der Waals surface area contributed by atoms with Gasteiger partial charge in [-0.3, -0.25) is 0 Å². The van der Waals surface area contributed by atoms with Crippen LogP contribution in [0.2, 0.25) is 0 Å². The van der Waals surface area contributed by atoms with E-state index in [1.165, 1.54) is 0 Å². The zero-order valence-electron chi connectivity index (χ0n) is 18.3. The van der Waals surface area contributed by atoms with Crippen LogP contribution in [0, 0.1) is 0 Å². The number of nitrogens with one attached hydrogen (secondary N) is 2. The van der Waals surface area contributed by atoms with Crippen molar-refractivity contribution in [2.45, 2.75) is 0 Å². The summed E-state index contributed by atoms with van der Waals surface area (Å²) in [6.07, 6.45) is 0.